The predicted molar refractivity (Wildman–Crippen MR) is 117 cm³/mol. The topological polar surface area (TPSA) is 59.0 Å². The van der Waals surface area contributed by atoms with E-state index in [9.17, 15) is 9.59 Å². The highest BCUT2D eigenvalue weighted by atomic mass is 16.5. The summed E-state index contributed by atoms with van der Waals surface area (Å²) in [7, 11) is 1.34. The third-order valence-corrected chi connectivity index (χ3v) is 4.79. The molecule has 0 fully saturated rings. The van der Waals surface area contributed by atoms with Gasteiger partial charge in [0.1, 0.15) is 11.5 Å². The molecule has 5 nitrogen and oxygen atoms in total. The number of hydrogen-bond acceptors (Lipinski definition) is 4. The monoisotopic (exact) mass is 396 g/mol. The van der Waals surface area contributed by atoms with Gasteiger partial charge in [0.25, 0.3) is 5.91 Å². The number of amidine groups is 1. The van der Waals surface area contributed by atoms with Crippen molar-refractivity contribution < 1.29 is 14.3 Å². The van der Waals surface area contributed by atoms with E-state index in [1.54, 1.807) is 35.2 Å². The number of ether oxygens (including phenoxy) is 1. The van der Waals surface area contributed by atoms with Crippen LogP contribution in [0.5, 0.6) is 0 Å². The highest BCUT2D eigenvalue weighted by Crippen LogP contribution is 2.28. The van der Waals surface area contributed by atoms with E-state index < -0.39 is 5.97 Å². The quantitative estimate of drug-likeness (QED) is 0.478. The van der Waals surface area contributed by atoms with Crippen LogP contribution in [0.4, 0.5) is 5.69 Å². The summed E-state index contributed by atoms with van der Waals surface area (Å²) in [5.74, 6) is -0.0127. The molecular weight excluding hydrogens is 376 g/mol. The SMILES string of the molecule is COC(=O)c1ccc(/C=C2/N=C(c3ccccc3)N(c3cccc(C)c3)C2=O)cc1. The maximum Gasteiger partial charge on any atom is 0.337 e. The summed E-state index contributed by atoms with van der Waals surface area (Å²) in [5, 5.41) is 0. The highest BCUT2D eigenvalue weighted by molar-refractivity contribution is 6.33. The van der Waals surface area contributed by atoms with Crippen molar-refractivity contribution in [1.29, 1.82) is 0 Å². The Morgan fingerprint density at radius 2 is 1.70 bits per heavy atom. The minimum Gasteiger partial charge on any atom is -0.465 e. The normalized spacial score (nSPS) is 14.7. The van der Waals surface area contributed by atoms with Gasteiger partial charge >= 0.3 is 5.97 Å². The lowest BCUT2D eigenvalue weighted by atomic mass is 10.1. The molecule has 4 rings (SSSR count). The number of rotatable bonds is 4. The molecule has 0 saturated carbocycles. The van der Waals surface area contributed by atoms with Crippen LogP contribution in [-0.4, -0.2) is 24.8 Å². The van der Waals surface area contributed by atoms with Gasteiger partial charge in [0.05, 0.1) is 18.4 Å². The number of nitrogens with zero attached hydrogens (tertiary/aromatic N) is 2. The van der Waals surface area contributed by atoms with E-state index in [0.29, 0.717) is 17.1 Å². The van der Waals surface area contributed by atoms with E-state index in [1.165, 1.54) is 7.11 Å². The van der Waals surface area contributed by atoms with Crippen LogP contribution in [0.2, 0.25) is 0 Å². The van der Waals surface area contributed by atoms with Crippen LogP contribution < -0.4 is 4.90 Å². The van der Waals surface area contributed by atoms with Crippen molar-refractivity contribution in [2.75, 3.05) is 12.0 Å². The summed E-state index contributed by atoms with van der Waals surface area (Å²) in [6.45, 7) is 1.99. The van der Waals surface area contributed by atoms with E-state index in [1.807, 2.05) is 61.5 Å². The zero-order valence-electron chi connectivity index (χ0n) is 16.7. The zero-order chi connectivity index (χ0) is 21.1. The van der Waals surface area contributed by atoms with E-state index in [-0.39, 0.29) is 5.91 Å². The lowest BCUT2D eigenvalue weighted by Gasteiger charge is -2.19. The molecule has 0 spiro atoms. The third-order valence-electron chi connectivity index (χ3n) is 4.79. The molecule has 5 heteroatoms. The Balaban J connectivity index is 1.76. The van der Waals surface area contributed by atoms with Gasteiger partial charge in [-0.1, -0.05) is 54.6 Å². The fourth-order valence-electron chi connectivity index (χ4n) is 3.30. The van der Waals surface area contributed by atoms with Crippen LogP contribution >= 0.6 is 0 Å². The van der Waals surface area contributed by atoms with E-state index in [4.69, 9.17) is 4.74 Å². The van der Waals surface area contributed by atoms with Crippen molar-refractivity contribution >= 4 is 29.5 Å². The Bertz CT molecular complexity index is 1160. The summed E-state index contributed by atoms with van der Waals surface area (Å²) < 4.78 is 4.73. The number of amides is 1. The fourth-order valence-corrected chi connectivity index (χ4v) is 3.30. The fraction of sp³-hybridized carbons (Fsp3) is 0.0800. The lowest BCUT2D eigenvalue weighted by molar-refractivity contribution is -0.113. The molecule has 148 valence electrons. The van der Waals surface area contributed by atoms with Crippen LogP contribution in [0.3, 0.4) is 0 Å². The molecule has 0 N–H and O–H groups in total. The van der Waals surface area contributed by atoms with Crippen LogP contribution in [-0.2, 0) is 9.53 Å². The van der Waals surface area contributed by atoms with Gasteiger partial charge in [-0.15, -0.1) is 0 Å². The molecule has 1 aliphatic heterocycles. The Morgan fingerprint density at radius 1 is 0.967 bits per heavy atom. The number of methoxy groups -OCH3 is 1. The second kappa shape index (κ2) is 8.17. The maximum atomic E-state index is 13.3. The van der Waals surface area contributed by atoms with Gasteiger partial charge in [0, 0.05) is 5.56 Å². The van der Waals surface area contributed by atoms with Crippen LogP contribution in [0.25, 0.3) is 6.08 Å². The summed E-state index contributed by atoms with van der Waals surface area (Å²) in [6.07, 6.45) is 1.72. The number of carbonyl (C=O) groups excluding carboxylic acids is 2. The number of anilines is 1. The molecule has 0 unspecified atom stereocenters. The standard InChI is InChI=1S/C25H20N2O3/c1-17-7-6-10-21(15-17)27-23(19-8-4-3-5-9-19)26-22(24(27)28)16-18-11-13-20(14-12-18)25(29)30-2/h3-16H,1-2H3/b22-16+. The molecule has 1 amide bonds. The molecule has 0 radical (unpaired) electrons. The average molecular weight is 396 g/mol. The number of aliphatic imine (C=N–C) groups is 1. The van der Waals surface area contributed by atoms with Crippen molar-refractivity contribution in [2.24, 2.45) is 4.99 Å². The second-order valence-electron chi connectivity index (χ2n) is 6.92. The van der Waals surface area contributed by atoms with Crippen LogP contribution in [0.15, 0.2) is 89.6 Å². The third kappa shape index (κ3) is 3.78. The Kier molecular flexibility index (Phi) is 5.26. The molecule has 3 aromatic rings. The molecule has 3 aromatic carbocycles. The van der Waals surface area contributed by atoms with Crippen molar-refractivity contribution in [3.05, 3.63) is 107 Å². The van der Waals surface area contributed by atoms with Gasteiger partial charge in [0.2, 0.25) is 0 Å². The largest absolute Gasteiger partial charge is 0.465 e. The minimum atomic E-state index is -0.402. The van der Waals surface area contributed by atoms with Crippen molar-refractivity contribution in [1.82, 2.24) is 0 Å². The number of carbonyl (C=O) groups is 2. The minimum absolute atomic E-state index is 0.198. The molecule has 0 atom stereocenters. The molecule has 0 bridgehead atoms. The summed E-state index contributed by atoms with van der Waals surface area (Å²) in [6, 6.07) is 24.3. The van der Waals surface area contributed by atoms with Gasteiger partial charge in [0.15, 0.2) is 0 Å². The molecular formula is C25H20N2O3. The lowest BCUT2D eigenvalue weighted by Crippen LogP contribution is -2.32. The summed E-state index contributed by atoms with van der Waals surface area (Å²) >= 11 is 0. The van der Waals surface area contributed by atoms with Crippen molar-refractivity contribution in [3.8, 4) is 0 Å². The smallest absolute Gasteiger partial charge is 0.337 e. The van der Waals surface area contributed by atoms with E-state index in [2.05, 4.69) is 4.99 Å². The number of aryl methyl sites for hydroxylation is 1. The number of benzene rings is 3. The Morgan fingerprint density at radius 3 is 2.37 bits per heavy atom. The maximum absolute atomic E-state index is 13.3. The molecule has 1 aliphatic rings. The molecule has 0 saturated heterocycles. The first-order valence-electron chi connectivity index (χ1n) is 9.52. The first-order chi connectivity index (χ1) is 14.6. The highest BCUT2D eigenvalue weighted by Gasteiger charge is 2.32. The van der Waals surface area contributed by atoms with E-state index in [0.717, 1.165) is 22.4 Å². The second-order valence-corrected chi connectivity index (χ2v) is 6.92. The molecule has 1 heterocycles. The first-order valence-corrected chi connectivity index (χ1v) is 9.52. The molecule has 30 heavy (non-hydrogen) atoms. The van der Waals surface area contributed by atoms with Crippen LogP contribution in [0, 0.1) is 6.92 Å². The van der Waals surface area contributed by atoms with Gasteiger partial charge < -0.3 is 4.74 Å². The predicted octanol–water partition coefficient (Wildman–Crippen LogP) is 4.62. The Labute approximate surface area is 174 Å². The Hall–Kier alpha value is -3.99. The van der Waals surface area contributed by atoms with Crippen molar-refractivity contribution in [3.63, 3.8) is 0 Å². The number of esters is 1. The summed E-state index contributed by atoms with van der Waals surface area (Å²) in [4.78, 5) is 31.2. The molecule has 0 aliphatic carbocycles. The van der Waals surface area contributed by atoms with Gasteiger partial charge in [-0.3, -0.25) is 9.69 Å². The molecule has 0 aromatic heterocycles. The van der Waals surface area contributed by atoms with Crippen molar-refractivity contribution in [2.45, 2.75) is 6.92 Å². The average Bonchev–Trinajstić information content (AvgIpc) is 3.10. The van der Waals surface area contributed by atoms with Gasteiger partial charge in [-0.2, -0.15) is 0 Å². The van der Waals surface area contributed by atoms with E-state index >= 15 is 0 Å². The van der Waals surface area contributed by atoms with Gasteiger partial charge in [-0.25, -0.2) is 9.79 Å². The van der Waals surface area contributed by atoms with Crippen LogP contribution in [0.1, 0.15) is 27.0 Å². The zero-order valence-corrected chi connectivity index (χ0v) is 16.7. The van der Waals surface area contributed by atoms with Gasteiger partial charge in [-0.05, 0) is 48.4 Å². The number of hydrogen-bond donors (Lipinski definition) is 0. The first kappa shape index (κ1) is 19.3. The summed E-state index contributed by atoms with van der Waals surface area (Å²) in [5.41, 5.74) is 4.24.